The molecular formula is C26H30N4O. The Morgan fingerprint density at radius 3 is 2.32 bits per heavy atom. The maximum absolute atomic E-state index is 10.2. The Hall–Kier alpha value is -2.60. The minimum atomic E-state index is 0.215. The van der Waals surface area contributed by atoms with E-state index in [1.165, 1.54) is 29.5 Å². The van der Waals surface area contributed by atoms with Gasteiger partial charge in [-0.15, -0.1) is 0 Å². The first-order chi connectivity index (χ1) is 15.3. The predicted octanol–water partition coefficient (Wildman–Crippen LogP) is 3.57. The number of hydrogen-bond donors (Lipinski definition) is 1. The van der Waals surface area contributed by atoms with E-state index in [2.05, 4.69) is 74.4 Å². The summed E-state index contributed by atoms with van der Waals surface area (Å²) in [7, 11) is 0. The SMILES string of the molecule is OC[C@H]1[C@H](c2ccc(-c3ccccc3)cc2)[C@@H]2CN(Cc3cncnc3)CCCCN12. The molecule has 0 unspecified atom stereocenters. The lowest BCUT2D eigenvalue weighted by molar-refractivity contribution is -0.0655. The van der Waals surface area contributed by atoms with Crippen LogP contribution in [0.2, 0.25) is 0 Å². The van der Waals surface area contributed by atoms with Crippen LogP contribution in [0.3, 0.4) is 0 Å². The van der Waals surface area contributed by atoms with Crippen LogP contribution >= 0.6 is 0 Å². The number of hydrogen-bond acceptors (Lipinski definition) is 5. The highest BCUT2D eigenvalue weighted by Crippen LogP contribution is 2.42. The Balaban J connectivity index is 1.36. The highest BCUT2D eigenvalue weighted by atomic mass is 16.3. The van der Waals surface area contributed by atoms with Gasteiger partial charge in [-0.1, -0.05) is 54.6 Å². The smallest absolute Gasteiger partial charge is 0.115 e. The third-order valence-corrected chi connectivity index (χ3v) is 6.88. The number of nitrogens with zero attached hydrogens (tertiary/aromatic N) is 4. The van der Waals surface area contributed by atoms with E-state index in [0.29, 0.717) is 12.0 Å². The van der Waals surface area contributed by atoms with Crippen molar-refractivity contribution >= 4 is 0 Å². The number of benzene rings is 2. The molecule has 1 aromatic heterocycles. The van der Waals surface area contributed by atoms with Gasteiger partial charge in [0.15, 0.2) is 0 Å². The largest absolute Gasteiger partial charge is 0.395 e. The molecule has 0 amide bonds. The zero-order valence-electron chi connectivity index (χ0n) is 17.8. The topological polar surface area (TPSA) is 52.5 Å². The maximum Gasteiger partial charge on any atom is 0.115 e. The van der Waals surface area contributed by atoms with Crippen molar-refractivity contribution < 1.29 is 5.11 Å². The summed E-state index contributed by atoms with van der Waals surface area (Å²) in [5.41, 5.74) is 4.98. The lowest BCUT2D eigenvalue weighted by Crippen LogP contribution is -2.67. The molecule has 2 fully saturated rings. The lowest BCUT2D eigenvalue weighted by atomic mass is 9.74. The number of aromatic nitrogens is 2. The quantitative estimate of drug-likeness (QED) is 0.692. The Morgan fingerprint density at radius 1 is 0.871 bits per heavy atom. The Morgan fingerprint density at radius 2 is 1.58 bits per heavy atom. The van der Waals surface area contributed by atoms with Crippen molar-refractivity contribution in [2.45, 2.75) is 37.4 Å². The standard InChI is InChI=1S/C26H30N4O/c31-18-25-26(23-10-8-22(9-11-23)21-6-2-1-3-7-21)24-17-29(12-4-5-13-30(24)25)16-20-14-27-19-28-15-20/h1-3,6-11,14-15,19,24-26,31H,4-5,12-13,16-18H2/t24-,25-,26+/m0/s1. The van der Waals surface area contributed by atoms with Gasteiger partial charge in [-0.3, -0.25) is 9.80 Å². The van der Waals surface area contributed by atoms with E-state index in [4.69, 9.17) is 0 Å². The van der Waals surface area contributed by atoms with Crippen LogP contribution in [0, 0.1) is 0 Å². The molecule has 5 nitrogen and oxygen atoms in total. The molecule has 3 heterocycles. The van der Waals surface area contributed by atoms with E-state index in [-0.39, 0.29) is 12.6 Å². The molecule has 0 bridgehead atoms. The fraction of sp³-hybridized carbons (Fsp3) is 0.385. The number of aliphatic hydroxyl groups excluding tert-OH is 1. The molecule has 5 heteroatoms. The second-order valence-corrected chi connectivity index (χ2v) is 8.76. The lowest BCUT2D eigenvalue weighted by Gasteiger charge is -2.57. The monoisotopic (exact) mass is 414 g/mol. The number of rotatable bonds is 5. The van der Waals surface area contributed by atoms with Gasteiger partial charge in [-0.2, -0.15) is 0 Å². The van der Waals surface area contributed by atoms with E-state index in [9.17, 15) is 5.11 Å². The molecule has 5 rings (SSSR count). The van der Waals surface area contributed by atoms with Gasteiger partial charge in [0.25, 0.3) is 0 Å². The Kier molecular flexibility index (Phi) is 6.07. The van der Waals surface area contributed by atoms with Crippen molar-refractivity contribution in [3.05, 3.63) is 84.4 Å². The normalized spacial score (nSPS) is 24.6. The number of fused-ring (bicyclic) bond motifs is 1. The predicted molar refractivity (Wildman–Crippen MR) is 123 cm³/mol. The molecule has 2 aliphatic heterocycles. The van der Waals surface area contributed by atoms with Crippen LogP contribution in [-0.2, 0) is 6.54 Å². The molecule has 0 saturated carbocycles. The third kappa shape index (κ3) is 4.26. The zero-order chi connectivity index (χ0) is 21.0. The third-order valence-electron chi connectivity index (χ3n) is 6.88. The summed E-state index contributed by atoms with van der Waals surface area (Å²) in [5.74, 6) is 0.363. The summed E-state index contributed by atoms with van der Waals surface area (Å²) in [6.45, 7) is 4.29. The van der Waals surface area contributed by atoms with Crippen molar-refractivity contribution in [3.8, 4) is 11.1 Å². The molecule has 0 aliphatic carbocycles. The first-order valence-electron chi connectivity index (χ1n) is 11.3. The van der Waals surface area contributed by atoms with E-state index in [1.807, 2.05) is 12.4 Å². The Labute approximate surface area is 184 Å². The molecule has 3 aromatic rings. The second kappa shape index (κ2) is 9.27. The maximum atomic E-state index is 10.2. The van der Waals surface area contributed by atoms with Gasteiger partial charge in [-0.05, 0) is 42.6 Å². The van der Waals surface area contributed by atoms with Crippen LogP contribution in [0.4, 0.5) is 0 Å². The summed E-state index contributed by atoms with van der Waals surface area (Å²) in [5, 5.41) is 10.2. The average Bonchev–Trinajstić information content (AvgIpc) is 2.81. The summed E-state index contributed by atoms with van der Waals surface area (Å²) in [6.07, 6.45) is 7.78. The van der Waals surface area contributed by atoms with Crippen LogP contribution in [0.15, 0.2) is 73.3 Å². The number of aliphatic hydroxyl groups is 1. The Bertz CT molecular complexity index is 964. The van der Waals surface area contributed by atoms with Gasteiger partial charge in [0.05, 0.1) is 6.61 Å². The molecule has 2 aliphatic rings. The molecule has 0 radical (unpaired) electrons. The van der Waals surface area contributed by atoms with Gasteiger partial charge < -0.3 is 5.11 Å². The van der Waals surface area contributed by atoms with Crippen molar-refractivity contribution in [2.75, 3.05) is 26.2 Å². The molecule has 1 N–H and O–H groups in total. The van der Waals surface area contributed by atoms with Crippen LogP contribution < -0.4 is 0 Å². The highest BCUT2D eigenvalue weighted by molar-refractivity contribution is 5.63. The minimum absolute atomic E-state index is 0.215. The fourth-order valence-corrected chi connectivity index (χ4v) is 5.35. The van der Waals surface area contributed by atoms with E-state index >= 15 is 0 Å². The van der Waals surface area contributed by atoms with Gasteiger partial charge in [0.2, 0.25) is 0 Å². The second-order valence-electron chi connectivity index (χ2n) is 8.76. The van der Waals surface area contributed by atoms with Crippen LogP contribution in [0.5, 0.6) is 0 Å². The molecular weight excluding hydrogens is 384 g/mol. The van der Waals surface area contributed by atoms with Gasteiger partial charge in [0, 0.05) is 49.0 Å². The van der Waals surface area contributed by atoms with E-state index in [0.717, 1.165) is 31.7 Å². The molecule has 2 aromatic carbocycles. The molecule has 2 saturated heterocycles. The van der Waals surface area contributed by atoms with Crippen LogP contribution in [0.25, 0.3) is 11.1 Å². The minimum Gasteiger partial charge on any atom is -0.395 e. The fourth-order valence-electron chi connectivity index (χ4n) is 5.35. The van der Waals surface area contributed by atoms with Crippen LogP contribution in [-0.4, -0.2) is 63.2 Å². The molecule has 3 atom stereocenters. The van der Waals surface area contributed by atoms with Gasteiger partial charge >= 0.3 is 0 Å². The average molecular weight is 415 g/mol. The molecule has 31 heavy (non-hydrogen) atoms. The van der Waals surface area contributed by atoms with E-state index < -0.39 is 0 Å². The van der Waals surface area contributed by atoms with Crippen molar-refractivity contribution in [2.24, 2.45) is 0 Å². The first kappa shape index (κ1) is 20.3. The van der Waals surface area contributed by atoms with Crippen molar-refractivity contribution in [1.29, 1.82) is 0 Å². The summed E-state index contributed by atoms with van der Waals surface area (Å²) >= 11 is 0. The summed E-state index contributed by atoms with van der Waals surface area (Å²) < 4.78 is 0. The summed E-state index contributed by atoms with van der Waals surface area (Å²) in [4.78, 5) is 13.4. The van der Waals surface area contributed by atoms with Gasteiger partial charge in [-0.25, -0.2) is 9.97 Å². The van der Waals surface area contributed by atoms with Crippen LogP contribution in [0.1, 0.15) is 29.9 Å². The first-order valence-corrected chi connectivity index (χ1v) is 11.3. The molecule has 0 spiro atoms. The summed E-state index contributed by atoms with van der Waals surface area (Å²) in [6, 6.07) is 20.1. The van der Waals surface area contributed by atoms with Crippen molar-refractivity contribution in [3.63, 3.8) is 0 Å². The van der Waals surface area contributed by atoms with Crippen molar-refractivity contribution in [1.82, 2.24) is 19.8 Å². The zero-order valence-corrected chi connectivity index (χ0v) is 17.8. The van der Waals surface area contributed by atoms with Gasteiger partial charge in [0.1, 0.15) is 6.33 Å². The van der Waals surface area contributed by atoms with E-state index in [1.54, 1.807) is 6.33 Å². The highest BCUT2D eigenvalue weighted by Gasteiger charge is 2.48. The molecule has 160 valence electrons.